The van der Waals surface area contributed by atoms with E-state index >= 15 is 0 Å². The van der Waals surface area contributed by atoms with Crippen LogP contribution in [0.2, 0.25) is 0 Å². The van der Waals surface area contributed by atoms with Crippen molar-refractivity contribution in [2.75, 3.05) is 0 Å². The third-order valence-corrected chi connectivity index (χ3v) is 2.09. The topological polar surface area (TPSA) is 103 Å². The minimum Gasteiger partial charge on any atom is -0.481 e. The van der Waals surface area contributed by atoms with Crippen LogP contribution < -0.4 is 4.74 Å². The van der Waals surface area contributed by atoms with Gasteiger partial charge in [0.2, 0.25) is 5.75 Å². The molecule has 0 radical (unpaired) electrons. The monoisotopic (exact) mass is 316 g/mol. The van der Waals surface area contributed by atoms with Crippen LogP contribution in [0.1, 0.15) is 17.7 Å². The van der Waals surface area contributed by atoms with E-state index in [0.717, 1.165) is 0 Å². The van der Waals surface area contributed by atoms with Crippen LogP contribution in [0.25, 0.3) is 0 Å². The average molecular weight is 316 g/mol. The van der Waals surface area contributed by atoms with E-state index in [1.807, 2.05) is 0 Å². The van der Waals surface area contributed by atoms with Gasteiger partial charge in [-0.05, 0) is 0 Å². The zero-order chi connectivity index (χ0) is 16.4. The van der Waals surface area contributed by atoms with Crippen molar-refractivity contribution in [1.29, 1.82) is 0 Å². The third-order valence-electron chi connectivity index (χ3n) is 2.09. The molecule has 21 heavy (non-hydrogen) atoms. The molecule has 0 amide bonds. The second-order valence-corrected chi connectivity index (χ2v) is 3.51. The number of halogens is 5. The standard InChI is InChI=1S/C9H5F5N2O5/c10-8(11)6-3(1-5(17)18)7(16(19)20)4(2-15-6)21-9(12,13)14/h2,8H,1H2,(H,17,18). The average Bonchev–Trinajstić information content (AvgIpc) is 2.24. The highest BCUT2D eigenvalue weighted by atomic mass is 19.4. The lowest BCUT2D eigenvalue weighted by Gasteiger charge is -2.12. The minimum atomic E-state index is -5.33. The summed E-state index contributed by atoms with van der Waals surface area (Å²) in [7, 11) is 0. The smallest absolute Gasteiger partial charge is 0.481 e. The molecule has 1 heterocycles. The predicted molar refractivity (Wildman–Crippen MR) is 53.9 cm³/mol. The first-order chi connectivity index (χ1) is 9.53. The molecular formula is C9H5F5N2O5. The van der Waals surface area contributed by atoms with E-state index in [0.29, 0.717) is 0 Å². The molecule has 0 saturated carbocycles. The number of pyridine rings is 1. The molecular weight excluding hydrogens is 311 g/mol. The summed E-state index contributed by atoms with van der Waals surface area (Å²) in [6.07, 6.45) is -9.95. The van der Waals surface area contributed by atoms with Gasteiger partial charge in [-0.25, -0.2) is 8.78 Å². The Bertz CT molecular complexity index is 574. The maximum atomic E-state index is 12.6. The fourth-order valence-electron chi connectivity index (χ4n) is 1.45. The molecule has 0 aliphatic rings. The number of aromatic nitrogens is 1. The van der Waals surface area contributed by atoms with E-state index < -0.39 is 52.8 Å². The number of carboxylic acids is 1. The van der Waals surface area contributed by atoms with Crippen molar-refractivity contribution in [2.45, 2.75) is 19.2 Å². The Balaban J connectivity index is 3.55. The van der Waals surface area contributed by atoms with E-state index in [9.17, 15) is 36.9 Å². The second kappa shape index (κ2) is 5.85. The number of aliphatic carboxylic acids is 1. The van der Waals surface area contributed by atoms with Gasteiger partial charge in [0.25, 0.3) is 6.43 Å². The first kappa shape index (κ1) is 16.5. The molecule has 0 spiro atoms. The van der Waals surface area contributed by atoms with Crippen LogP contribution in [-0.4, -0.2) is 27.3 Å². The number of carbonyl (C=O) groups is 1. The molecule has 116 valence electrons. The van der Waals surface area contributed by atoms with Gasteiger partial charge in [0.05, 0.1) is 23.1 Å². The number of alkyl halides is 5. The molecule has 0 saturated heterocycles. The van der Waals surface area contributed by atoms with Crippen LogP contribution in [-0.2, 0) is 11.2 Å². The highest BCUT2D eigenvalue weighted by Gasteiger charge is 2.38. The van der Waals surface area contributed by atoms with Gasteiger partial charge in [-0.2, -0.15) is 0 Å². The lowest BCUT2D eigenvalue weighted by molar-refractivity contribution is -0.389. The lowest BCUT2D eigenvalue weighted by Crippen LogP contribution is -2.19. The second-order valence-electron chi connectivity index (χ2n) is 3.51. The third kappa shape index (κ3) is 4.22. The Kier molecular flexibility index (Phi) is 4.60. The molecule has 1 N–H and O–H groups in total. The molecule has 0 atom stereocenters. The fourth-order valence-corrected chi connectivity index (χ4v) is 1.45. The van der Waals surface area contributed by atoms with Crippen molar-refractivity contribution in [2.24, 2.45) is 0 Å². The normalized spacial score (nSPS) is 11.5. The lowest BCUT2D eigenvalue weighted by atomic mass is 10.1. The van der Waals surface area contributed by atoms with Gasteiger partial charge in [-0.15, -0.1) is 13.2 Å². The largest absolute Gasteiger partial charge is 0.573 e. The molecule has 1 rings (SSSR count). The van der Waals surface area contributed by atoms with E-state index in [1.54, 1.807) is 0 Å². The van der Waals surface area contributed by atoms with Crippen LogP contribution in [0.4, 0.5) is 27.6 Å². The Morgan fingerprint density at radius 1 is 1.48 bits per heavy atom. The van der Waals surface area contributed by atoms with E-state index in [-0.39, 0.29) is 6.20 Å². The van der Waals surface area contributed by atoms with Crippen molar-refractivity contribution in [3.63, 3.8) is 0 Å². The van der Waals surface area contributed by atoms with Gasteiger partial charge in [0.15, 0.2) is 0 Å². The van der Waals surface area contributed by atoms with Gasteiger partial charge >= 0.3 is 18.0 Å². The van der Waals surface area contributed by atoms with Gasteiger partial charge in [-0.3, -0.25) is 19.9 Å². The highest BCUT2D eigenvalue weighted by Crippen LogP contribution is 2.38. The molecule has 7 nitrogen and oxygen atoms in total. The first-order valence-corrected chi connectivity index (χ1v) is 4.94. The van der Waals surface area contributed by atoms with Crippen molar-refractivity contribution in [3.05, 3.63) is 27.6 Å². The van der Waals surface area contributed by atoms with Crippen molar-refractivity contribution < 1.29 is 41.5 Å². The quantitative estimate of drug-likeness (QED) is 0.508. The van der Waals surface area contributed by atoms with Gasteiger partial charge < -0.3 is 9.84 Å². The highest BCUT2D eigenvalue weighted by molar-refractivity contribution is 5.73. The minimum absolute atomic E-state index is 0.0957. The van der Waals surface area contributed by atoms with Gasteiger partial charge in [-0.1, -0.05) is 0 Å². The summed E-state index contributed by atoms with van der Waals surface area (Å²) >= 11 is 0. The summed E-state index contributed by atoms with van der Waals surface area (Å²) in [6, 6.07) is 0. The Labute approximate surface area is 112 Å². The maximum Gasteiger partial charge on any atom is 0.573 e. The molecule has 1 aromatic rings. The summed E-state index contributed by atoms with van der Waals surface area (Å²) in [5.74, 6) is -3.22. The molecule has 1 aromatic heterocycles. The molecule has 0 fully saturated rings. The number of rotatable bonds is 5. The number of hydrogen-bond acceptors (Lipinski definition) is 5. The number of ether oxygens (including phenoxy) is 1. The fraction of sp³-hybridized carbons (Fsp3) is 0.333. The van der Waals surface area contributed by atoms with Gasteiger partial charge in [0, 0.05) is 0 Å². The summed E-state index contributed by atoms with van der Waals surface area (Å²) < 4.78 is 64.9. The van der Waals surface area contributed by atoms with Crippen molar-refractivity contribution in [3.8, 4) is 5.75 Å². The molecule has 0 unspecified atom stereocenters. The van der Waals surface area contributed by atoms with E-state index in [4.69, 9.17) is 5.11 Å². The van der Waals surface area contributed by atoms with Crippen LogP contribution in [0.3, 0.4) is 0 Å². The summed E-state index contributed by atoms with van der Waals surface area (Å²) in [5.41, 5.74) is -3.96. The van der Waals surface area contributed by atoms with E-state index in [1.165, 1.54) is 0 Å². The van der Waals surface area contributed by atoms with E-state index in [2.05, 4.69) is 9.72 Å². The first-order valence-electron chi connectivity index (χ1n) is 4.94. The number of nitro groups is 1. The van der Waals surface area contributed by atoms with Crippen LogP contribution >= 0.6 is 0 Å². The van der Waals surface area contributed by atoms with Crippen molar-refractivity contribution in [1.82, 2.24) is 4.98 Å². The maximum absolute atomic E-state index is 12.6. The summed E-state index contributed by atoms with van der Waals surface area (Å²) in [5, 5.41) is 19.3. The molecule has 0 aromatic carbocycles. The Hall–Kier alpha value is -2.53. The molecule has 0 bridgehead atoms. The summed E-state index contributed by atoms with van der Waals surface area (Å²) in [6.45, 7) is 0. The zero-order valence-electron chi connectivity index (χ0n) is 9.73. The van der Waals surface area contributed by atoms with Crippen molar-refractivity contribution >= 4 is 11.7 Å². The molecule has 0 aliphatic heterocycles. The molecule has 0 aliphatic carbocycles. The summed E-state index contributed by atoms with van der Waals surface area (Å²) in [4.78, 5) is 22.8. The van der Waals surface area contributed by atoms with Crippen LogP contribution in [0.5, 0.6) is 5.75 Å². The number of nitrogens with zero attached hydrogens (tertiary/aromatic N) is 2. The molecule has 12 heteroatoms. The zero-order valence-corrected chi connectivity index (χ0v) is 9.73. The number of hydrogen-bond donors (Lipinski definition) is 1. The predicted octanol–water partition coefficient (Wildman–Crippen LogP) is 2.45. The van der Waals surface area contributed by atoms with Crippen LogP contribution in [0, 0.1) is 10.1 Å². The number of carboxylic acid groups (broad SMARTS) is 1. The Morgan fingerprint density at radius 2 is 2.05 bits per heavy atom. The van der Waals surface area contributed by atoms with Gasteiger partial charge in [0.1, 0.15) is 5.69 Å². The Morgan fingerprint density at radius 3 is 2.43 bits per heavy atom. The van der Waals surface area contributed by atoms with Crippen LogP contribution in [0.15, 0.2) is 6.20 Å². The SMILES string of the molecule is O=C(O)Cc1c(C(F)F)ncc(OC(F)(F)F)c1[N+](=O)[O-].